The van der Waals surface area contributed by atoms with Gasteiger partial charge in [-0.15, -0.1) is 0 Å². The minimum atomic E-state index is 0.999. The molecular formula is C11H6S3. The van der Waals surface area contributed by atoms with Crippen LogP contribution in [0, 0.1) is 0 Å². The Morgan fingerprint density at radius 3 is 2.57 bits per heavy atom. The first-order valence-corrected chi connectivity index (χ1v) is 6.83. The molecule has 0 N–H and O–H groups in total. The molecule has 2 aromatic carbocycles. The van der Waals surface area contributed by atoms with Crippen LogP contribution in [0.3, 0.4) is 0 Å². The second kappa shape index (κ2) is 3.26. The molecule has 3 heteroatoms. The normalized spacial score (nSPS) is 14.7. The molecular weight excluding hydrogens is 228 g/mol. The molecule has 0 atom stereocenters. The Labute approximate surface area is 95.5 Å². The lowest BCUT2D eigenvalue weighted by molar-refractivity contribution is 1.55. The molecule has 1 aliphatic heterocycles. The van der Waals surface area contributed by atoms with E-state index in [1.165, 1.54) is 21.2 Å². The van der Waals surface area contributed by atoms with Crippen LogP contribution in [0.4, 0.5) is 0 Å². The molecule has 0 amide bonds. The van der Waals surface area contributed by atoms with Gasteiger partial charge in [0.15, 0.2) is 0 Å². The number of hydrogen-bond donors (Lipinski definition) is 0. The molecule has 1 aliphatic rings. The van der Waals surface area contributed by atoms with Crippen molar-refractivity contribution in [1.29, 1.82) is 0 Å². The SMILES string of the molecule is S=C1SSc2cccc3cccc1c23. The quantitative estimate of drug-likeness (QED) is 0.493. The van der Waals surface area contributed by atoms with Crippen LogP contribution in [-0.2, 0) is 0 Å². The monoisotopic (exact) mass is 234 g/mol. The lowest BCUT2D eigenvalue weighted by atomic mass is 10.1. The van der Waals surface area contributed by atoms with Crippen LogP contribution in [0.15, 0.2) is 41.3 Å². The molecule has 0 saturated carbocycles. The van der Waals surface area contributed by atoms with Crippen molar-refractivity contribution in [2.75, 3.05) is 0 Å². The molecule has 68 valence electrons. The van der Waals surface area contributed by atoms with Gasteiger partial charge in [0.1, 0.15) is 0 Å². The number of rotatable bonds is 0. The van der Waals surface area contributed by atoms with Gasteiger partial charge >= 0.3 is 0 Å². The summed E-state index contributed by atoms with van der Waals surface area (Å²) < 4.78 is 0.999. The van der Waals surface area contributed by atoms with Gasteiger partial charge in [0, 0.05) is 15.8 Å². The minimum absolute atomic E-state index is 0.999. The molecule has 0 fully saturated rings. The second-order valence-corrected chi connectivity index (χ2v) is 5.96. The van der Waals surface area contributed by atoms with E-state index >= 15 is 0 Å². The van der Waals surface area contributed by atoms with Crippen molar-refractivity contribution in [3.05, 3.63) is 42.0 Å². The Balaban J connectivity index is 2.52. The van der Waals surface area contributed by atoms with Gasteiger partial charge in [-0.3, -0.25) is 0 Å². The lowest BCUT2D eigenvalue weighted by Crippen LogP contribution is -1.96. The van der Waals surface area contributed by atoms with Crippen LogP contribution in [0.5, 0.6) is 0 Å². The Morgan fingerprint density at radius 2 is 1.71 bits per heavy atom. The van der Waals surface area contributed by atoms with Crippen molar-refractivity contribution < 1.29 is 0 Å². The summed E-state index contributed by atoms with van der Waals surface area (Å²) in [5, 5.41) is 2.61. The van der Waals surface area contributed by atoms with Gasteiger partial charge in [0.05, 0.1) is 4.20 Å². The van der Waals surface area contributed by atoms with Crippen LogP contribution >= 0.6 is 33.8 Å². The fraction of sp³-hybridized carbons (Fsp3) is 0. The van der Waals surface area contributed by atoms with Crippen LogP contribution in [0.25, 0.3) is 10.8 Å². The maximum atomic E-state index is 5.34. The predicted octanol–water partition coefficient (Wildman–Crippen LogP) is 4.27. The summed E-state index contributed by atoms with van der Waals surface area (Å²) >= 11 is 5.34. The number of benzene rings is 2. The van der Waals surface area contributed by atoms with Crippen molar-refractivity contribution in [2.24, 2.45) is 0 Å². The average Bonchev–Trinajstić information content (AvgIpc) is 2.24. The van der Waals surface area contributed by atoms with E-state index in [2.05, 4.69) is 36.4 Å². The molecule has 2 aromatic rings. The largest absolute Gasteiger partial charge is 0.0895 e. The Morgan fingerprint density at radius 1 is 0.929 bits per heavy atom. The van der Waals surface area contributed by atoms with E-state index in [9.17, 15) is 0 Å². The molecule has 0 saturated heterocycles. The van der Waals surface area contributed by atoms with Crippen LogP contribution < -0.4 is 0 Å². The van der Waals surface area contributed by atoms with Crippen LogP contribution in [-0.4, -0.2) is 4.20 Å². The van der Waals surface area contributed by atoms with Gasteiger partial charge in [-0.1, -0.05) is 53.3 Å². The summed E-state index contributed by atoms with van der Waals surface area (Å²) in [6.07, 6.45) is 0. The van der Waals surface area contributed by atoms with Crippen molar-refractivity contribution in [1.82, 2.24) is 0 Å². The van der Waals surface area contributed by atoms with Gasteiger partial charge in [0.2, 0.25) is 0 Å². The fourth-order valence-electron chi connectivity index (χ4n) is 1.67. The number of hydrogen-bond acceptors (Lipinski definition) is 3. The average molecular weight is 234 g/mol. The third kappa shape index (κ3) is 1.20. The first kappa shape index (κ1) is 8.77. The van der Waals surface area contributed by atoms with Crippen molar-refractivity contribution in [2.45, 2.75) is 4.90 Å². The fourth-order valence-corrected chi connectivity index (χ4v) is 4.20. The molecule has 0 bridgehead atoms. The topological polar surface area (TPSA) is 0 Å². The molecule has 14 heavy (non-hydrogen) atoms. The van der Waals surface area contributed by atoms with E-state index in [0.717, 1.165) is 4.20 Å². The summed E-state index contributed by atoms with van der Waals surface area (Å²) in [5.74, 6) is 0. The van der Waals surface area contributed by atoms with E-state index in [4.69, 9.17) is 12.2 Å². The van der Waals surface area contributed by atoms with Gasteiger partial charge in [-0.05, 0) is 22.2 Å². The molecule has 0 radical (unpaired) electrons. The molecule has 1 heterocycles. The Kier molecular flexibility index (Phi) is 2.04. The van der Waals surface area contributed by atoms with E-state index in [1.54, 1.807) is 21.6 Å². The van der Waals surface area contributed by atoms with E-state index < -0.39 is 0 Å². The predicted molar refractivity (Wildman–Crippen MR) is 69.1 cm³/mol. The summed E-state index contributed by atoms with van der Waals surface area (Å²) in [4.78, 5) is 1.33. The zero-order chi connectivity index (χ0) is 9.54. The summed E-state index contributed by atoms with van der Waals surface area (Å²) in [7, 11) is 3.45. The molecule has 0 aromatic heterocycles. The maximum absolute atomic E-state index is 5.34. The molecule has 0 spiro atoms. The van der Waals surface area contributed by atoms with Crippen molar-refractivity contribution >= 4 is 48.8 Å². The smallest absolute Gasteiger partial charge is 0.0709 e. The zero-order valence-electron chi connectivity index (χ0n) is 7.19. The minimum Gasteiger partial charge on any atom is -0.0709 e. The van der Waals surface area contributed by atoms with Gasteiger partial charge in [-0.2, -0.15) is 0 Å². The molecule has 0 unspecified atom stereocenters. The van der Waals surface area contributed by atoms with Gasteiger partial charge in [0.25, 0.3) is 0 Å². The van der Waals surface area contributed by atoms with Gasteiger partial charge < -0.3 is 0 Å². The lowest BCUT2D eigenvalue weighted by Gasteiger charge is -2.15. The summed E-state index contributed by atoms with van der Waals surface area (Å²) in [6, 6.07) is 12.7. The molecule has 3 rings (SSSR count). The Hall–Kier alpha value is -0.510. The Bertz CT molecular complexity index is 526. The van der Waals surface area contributed by atoms with Gasteiger partial charge in [-0.25, -0.2) is 0 Å². The first-order chi connectivity index (χ1) is 6.86. The highest BCUT2D eigenvalue weighted by Gasteiger charge is 2.16. The standard InChI is InChI=1S/C11H6S3/c12-11-8-5-1-3-7-4-2-6-9(10(7)8)13-14-11/h1-6H. The van der Waals surface area contributed by atoms with E-state index in [0.29, 0.717) is 0 Å². The van der Waals surface area contributed by atoms with E-state index in [-0.39, 0.29) is 0 Å². The van der Waals surface area contributed by atoms with Crippen LogP contribution in [0.2, 0.25) is 0 Å². The van der Waals surface area contributed by atoms with E-state index in [1.807, 2.05) is 0 Å². The highest BCUT2D eigenvalue weighted by molar-refractivity contribution is 8.84. The second-order valence-electron chi connectivity index (χ2n) is 3.11. The zero-order valence-corrected chi connectivity index (χ0v) is 9.64. The highest BCUT2D eigenvalue weighted by atomic mass is 33.1. The third-order valence-corrected chi connectivity index (χ3v) is 5.34. The summed E-state index contributed by atoms with van der Waals surface area (Å²) in [6.45, 7) is 0. The summed E-state index contributed by atoms with van der Waals surface area (Å²) in [5.41, 5.74) is 1.22. The van der Waals surface area contributed by atoms with Crippen LogP contribution in [0.1, 0.15) is 5.56 Å². The third-order valence-electron chi connectivity index (χ3n) is 2.29. The number of thiocarbonyl (C=S) groups is 1. The first-order valence-electron chi connectivity index (χ1n) is 4.27. The molecule has 0 aliphatic carbocycles. The maximum Gasteiger partial charge on any atom is 0.0895 e. The van der Waals surface area contributed by atoms with Crippen molar-refractivity contribution in [3.63, 3.8) is 0 Å². The highest BCUT2D eigenvalue weighted by Crippen LogP contribution is 2.45. The molecule has 0 nitrogen and oxygen atoms in total. The van der Waals surface area contributed by atoms with Crippen molar-refractivity contribution in [3.8, 4) is 0 Å².